The van der Waals surface area contributed by atoms with Crippen molar-refractivity contribution >= 4 is 18.0 Å². The number of hydrogen-bond acceptors (Lipinski definition) is 5. The van der Waals surface area contributed by atoms with Crippen LogP contribution in [0.5, 0.6) is 11.5 Å². The molecule has 3 aromatic carbocycles. The molecule has 164 valence electrons. The zero-order chi connectivity index (χ0) is 22.8. The van der Waals surface area contributed by atoms with Crippen LogP contribution in [0.2, 0.25) is 0 Å². The predicted molar refractivity (Wildman–Crippen MR) is 123 cm³/mol. The summed E-state index contributed by atoms with van der Waals surface area (Å²) in [6.45, 7) is 2.11. The van der Waals surface area contributed by atoms with Crippen LogP contribution in [0.15, 0.2) is 77.9 Å². The van der Waals surface area contributed by atoms with Gasteiger partial charge in [0, 0.05) is 5.56 Å². The molecule has 0 unspecified atom stereocenters. The molecule has 0 aromatic heterocycles. The maximum absolute atomic E-state index is 12.1. The van der Waals surface area contributed by atoms with E-state index in [0.717, 1.165) is 16.7 Å². The van der Waals surface area contributed by atoms with Crippen LogP contribution in [-0.2, 0) is 11.4 Å². The fourth-order valence-corrected chi connectivity index (χ4v) is 2.89. The number of carbonyl (C=O) groups excluding carboxylic acids is 2. The predicted octanol–water partition coefficient (Wildman–Crippen LogP) is 3.46. The van der Waals surface area contributed by atoms with Gasteiger partial charge in [0.2, 0.25) is 0 Å². The zero-order valence-corrected chi connectivity index (χ0v) is 18.0. The second-order valence-electron chi connectivity index (χ2n) is 7.03. The van der Waals surface area contributed by atoms with Gasteiger partial charge in [0.1, 0.15) is 6.61 Å². The Balaban J connectivity index is 1.52. The van der Waals surface area contributed by atoms with E-state index in [2.05, 4.69) is 15.8 Å². The van der Waals surface area contributed by atoms with Gasteiger partial charge in [-0.25, -0.2) is 5.43 Å². The number of ether oxygens (including phenoxy) is 2. The Morgan fingerprint density at radius 1 is 0.969 bits per heavy atom. The number of methoxy groups -OCH3 is 1. The summed E-state index contributed by atoms with van der Waals surface area (Å²) in [4.78, 5) is 24.1. The molecule has 0 saturated heterocycles. The first kappa shape index (κ1) is 22.6. The molecular formula is C25H25N3O4. The molecule has 3 aromatic rings. The van der Waals surface area contributed by atoms with Gasteiger partial charge in [-0.15, -0.1) is 0 Å². The number of rotatable bonds is 9. The summed E-state index contributed by atoms with van der Waals surface area (Å²) >= 11 is 0. The quantitative estimate of drug-likeness (QED) is 0.401. The number of aryl methyl sites for hydroxylation is 1. The van der Waals surface area contributed by atoms with Crippen molar-refractivity contribution in [3.8, 4) is 11.5 Å². The zero-order valence-electron chi connectivity index (χ0n) is 18.0. The number of amides is 2. The standard InChI is InChI=1S/C25H25N3O4/c1-18-7-6-10-21(13-18)25(30)26-16-24(29)28-27-15-20-11-12-22(31-2)23(14-20)32-17-19-8-4-3-5-9-19/h3-15H,16-17H2,1-2H3,(H,26,30)(H,28,29). The van der Waals surface area contributed by atoms with Gasteiger partial charge in [-0.05, 0) is 48.4 Å². The lowest BCUT2D eigenvalue weighted by Gasteiger charge is -2.11. The maximum Gasteiger partial charge on any atom is 0.259 e. The molecule has 0 heterocycles. The van der Waals surface area contributed by atoms with E-state index in [1.165, 1.54) is 6.21 Å². The minimum Gasteiger partial charge on any atom is -0.493 e. The summed E-state index contributed by atoms with van der Waals surface area (Å²) in [7, 11) is 1.57. The normalized spacial score (nSPS) is 10.6. The molecule has 3 rings (SSSR count). The van der Waals surface area contributed by atoms with Crippen LogP contribution < -0.4 is 20.2 Å². The molecule has 0 saturated carbocycles. The van der Waals surface area contributed by atoms with E-state index in [1.807, 2.05) is 43.3 Å². The van der Waals surface area contributed by atoms with Crippen molar-refractivity contribution in [2.45, 2.75) is 13.5 Å². The molecular weight excluding hydrogens is 406 g/mol. The number of carbonyl (C=O) groups is 2. The van der Waals surface area contributed by atoms with Gasteiger partial charge in [0.25, 0.3) is 11.8 Å². The first-order chi connectivity index (χ1) is 15.5. The number of hydrazone groups is 1. The minimum absolute atomic E-state index is 0.182. The van der Waals surface area contributed by atoms with Gasteiger partial charge in [-0.2, -0.15) is 5.10 Å². The third-order valence-electron chi connectivity index (χ3n) is 4.52. The SMILES string of the molecule is COc1ccc(C=NNC(=O)CNC(=O)c2cccc(C)c2)cc1OCc1ccccc1. The molecule has 0 atom stereocenters. The van der Waals surface area contributed by atoms with Gasteiger partial charge in [0.15, 0.2) is 11.5 Å². The largest absolute Gasteiger partial charge is 0.493 e. The highest BCUT2D eigenvalue weighted by atomic mass is 16.5. The summed E-state index contributed by atoms with van der Waals surface area (Å²) in [5.41, 5.74) is 5.63. The van der Waals surface area contributed by atoms with Crippen molar-refractivity contribution in [3.63, 3.8) is 0 Å². The third kappa shape index (κ3) is 6.70. The summed E-state index contributed by atoms with van der Waals surface area (Å²) in [5, 5.41) is 6.52. The molecule has 7 heteroatoms. The first-order valence-electron chi connectivity index (χ1n) is 10.1. The summed E-state index contributed by atoms with van der Waals surface area (Å²) < 4.78 is 11.2. The van der Waals surface area contributed by atoms with Gasteiger partial charge in [0.05, 0.1) is 19.9 Å². The van der Waals surface area contributed by atoms with Crippen molar-refractivity contribution in [1.82, 2.24) is 10.7 Å². The summed E-state index contributed by atoms with van der Waals surface area (Å²) in [6.07, 6.45) is 1.50. The van der Waals surface area contributed by atoms with Crippen LogP contribution in [0.3, 0.4) is 0 Å². The van der Waals surface area contributed by atoms with Crippen molar-refractivity contribution in [2.75, 3.05) is 13.7 Å². The Hall–Kier alpha value is -4.13. The molecule has 0 aliphatic rings. The summed E-state index contributed by atoms with van der Waals surface area (Å²) in [5.74, 6) is 0.414. The van der Waals surface area contributed by atoms with E-state index in [9.17, 15) is 9.59 Å². The van der Waals surface area contributed by atoms with E-state index in [0.29, 0.717) is 23.7 Å². The van der Waals surface area contributed by atoms with E-state index in [1.54, 1.807) is 43.5 Å². The van der Waals surface area contributed by atoms with Gasteiger partial charge in [-0.1, -0.05) is 48.0 Å². The van der Waals surface area contributed by atoms with Gasteiger partial charge >= 0.3 is 0 Å². The van der Waals surface area contributed by atoms with Crippen LogP contribution in [0, 0.1) is 6.92 Å². The number of nitrogens with zero attached hydrogens (tertiary/aromatic N) is 1. The van der Waals surface area contributed by atoms with E-state index in [4.69, 9.17) is 9.47 Å². The lowest BCUT2D eigenvalue weighted by atomic mass is 10.1. The molecule has 2 amide bonds. The van der Waals surface area contributed by atoms with Crippen LogP contribution in [0.4, 0.5) is 0 Å². The fraction of sp³-hybridized carbons (Fsp3) is 0.160. The molecule has 0 aliphatic carbocycles. The monoisotopic (exact) mass is 431 g/mol. The number of nitrogens with one attached hydrogen (secondary N) is 2. The molecule has 0 radical (unpaired) electrons. The van der Waals surface area contributed by atoms with Crippen LogP contribution in [-0.4, -0.2) is 31.7 Å². The Morgan fingerprint density at radius 3 is 2.53 bits per heavy atom. The highest BCUT2D eigenvalue weighted by molar-refractivity contribution is 5.96. The Morgan fingerprint density at radius 2 is 1.78 bits per heavy atom. The average Bonchev–Trinajstić information content (AvgIpc) is 2.82. The van der Waals surface area contributed by atoms with Crippen molar-refractivity contribution in [2.24, 2.45) is 5.10 Å². The van der Waals surface area contributed by atoms with Crippen LogP contribution >= 0.6 is 0 Å². The van der Waals surface area contributed by atoms with Crippen LogP contribution in [0.25, 0.3) is 0 Å². The molecule has 0 aliphatic heterocycles. The molecule has 0 fully saturated rings. The Kier molecular flexibility index (Phi) is 7.97. The third-order valence-corrected chi connectivity index (χ3v) is 4.52. The van der Waals surface area contributed by atoms with E-state index in [-0.39, 0.29) is 12.5 Å². The average molecular weight is 431 g/mol. The lowest BCUT2D eigenvalue weighted by Crippen LogP contribution is -2.34. The fourth-order valence-electron chi connectivity index (χ4n) is 2.89. The topological polar surface area (TPSA) is 89.0 Å². The highest BCUT2D eigenvalue weighted by Crippen LogP contribution is 2.28. The molecule has 32 heavy (non-hydrogen) atoms. The minimum atomic E-state index is -0.434. The van der Waals surface area contributed by atoms with E-state index < -0.39 is 5.91 Å². The number of hydrogen-bond donors (Lipinski definition) is 2. The second kappa shape index (κ2) is 11.3. The lowest BCUT2D eigenvalue weighted by molar-refractivity contribution is -0.120. The van der Waals surface area contributed by atoms with E-state index >= 15 is 0 Å². The number of benzene rings is 3. The Bertz CT molecular complexity index is 1100. The van der Waals surface area contributed by atoms with Gasteiger partial charge in [-0.3, -0.25) is 9.59 Å². The van der Waals surface area contributed by atoms with Crippen molar-refractivity contribution in [1.29, 1.82) is 0 Å². The van der Waals surface area contributed by atoms with Crippen LogP contribution in [0.1, 0.15) is 27.0 Å². The maximum atomic E-state index is 12.1. The Labute approximate surface area is 187 Å². The van der Waals surface area contributed by atoms with Crippen molar-refractivity contribution in [3.05, 3.63) is 95.1 Å². The smallest absolute Gasteiger partial charge is 0.259 e. The van der Waals surface area contributed by atoms with Crippen molar-refractivity contribution < 1.29 is 19.1 Å². The highest BCUT2D eigenvalue weighted by Gasteiger charge is 2.08. The second-order valence-corrected chi connectivity index (χ2v) is 7.03. The first-order valence-corrected chi connectivity index (χ1v) is 10.1. The molecule has 7 nitrogen and oxygen atoms in total. The molecule has 0 spiro atoms. The molecule has 0 bridgehead atoms. The summed E-state index contributed by atoms with van der Waals surface area (Å²) in [6, 6.07) is 22.3. The molecule has 2 N–H and O–H groups in total. The van der Waals surface area contributed by atoms with Gasteiger partial charge < -0.3 is 14.8 Å².